The number of nitrogens with one attached hydrogen (secondary N) is 2. The van der Waals surface area contributed by atoms with Crippen LogP contribution in [0, 0.1) is 0 Å². The van der Waals surface area contributed by atoms with Crippen LogP contribution in [0.15, 0.2) is 53.5 Å². The molecule has 0 aliphatic carbocycles. The summed E-state index contributed by atoms with van der Waals surface area (Å²) in [5.74, 6) is 0.835. The quantitative estimate of drug-likeness (QED) is 0.266. The van der Waals surface area contributed by atoms with Crippen LogP contribution < -0.4 is 10.6 Å². The lowest BCUT2D eigenvalue weighted by Gasteiger charge is -2.27. The molecule has 176 valence electrons. The zero-order valence-electron chi connectivity index (χ0n) is 19.3. The highest BCUT2D eigenvalue weighted by Crippen LogP contribution is 2.13. The molecular formula is C25H37IN4O2. The molecule has 0 saturated carbocycles. The average Bonchev–Trinajstić information content (AvgIpc) is 2.82. The lowest BCUT2D eigenvalue weighted by Crippen LogP contribution is -2.38. The average molecular weight is 553 g/mol. The molecule has 0 spiro atoms. The summed E-state index contributed by atoms with van der Waals surface area (Å²) >= 11 is 0. The molecule has 6 nitrogen and oxygen atoms in total. The van der Waals surface area contributed by atoms with Crippen molar-refractivity contribution >= 4 is 29.9 Å². The van der Waals surface area contributed by atoms with E-state index in [2.05, 4.69) is 71.0 Å². The predicted octanol–water partition coefficient (Wildman–Crippen LogP) is 3.93. The van der Waals surface area contributed by atoms with Crippen LogP contribution in [0.4, 0.5) is 0 Å². The van der Waals surface area contributed by atoms with Gasteiger partial charge in [-0.15, -0.1) is 24.0 Å². The van der Waals surface area contributed by atoms with Crippen molar-refractivity contribution in [3.63, 3.8) is 0 Å². The summed E-state index contributed by atoms with van der Waals surface area (Å²) in [7, 11) is 0. The molecule has 1 aliphatic rings. The molecule has 1 heterocycles. The fourth-order valence-corrected chi connectivity index (χ4v) is 3.54. The van der Waals surface area contributed by atoms with Gasteiger partial charge in [0.25, 0.3) is 0 Å². The molecule has 2 N–H and O–H groups in total. The van der Waals surface area contributed by atoms with Crippen LogP contribution in [0.25, 0.3) is 0 Å². The van der Waals surface area contributed by atoms with E-state index in [9.17, 15) is 0 Å². The van der Waals surface area contributed by atoms with Gasteiger partial charge in [-0.2, -0.15) is 0 Å². The number of morpholine rings is 1. The number of rotatable bonds is 10. The molecule has 0 unspecified atom stereocenters. The third kappa shape index (κ3) is 9.05. The van der Waals surface area contributed by atoms with Gasteiger partial charge in [0, 0.05) is 39.3 Å². The molecule has 2 aromatic carbocycles. The van der Waals surface area contributed by atoms with Gasteiger partial charge < -0.3 is 20.1 Å². The number of aliphatic imine (C=N–C) groups is 1. The second kappa shape index (κ2) is 15.2. The minimum atomic E-state index is 0. The van der Waals surface area contributed by atoms with Gasteiger partial charge in [0.1, 0.15) is 0 Å². The van der Waals surface area contributed by atoms with Crippen molar-refractivity contribution in [2.24, 2.45) is 4.99 Å². The van der Waals surface area contributed by atoms with Crippen LogP contribution >= 0.6 is 24.0 Å². The Morgan fingerprint density at radius 2 is 1.66 bits per heavy atom. The van der Waals surface area contributed by atoms with E-state index in [0.717, 1.165) is 58.5 Å². The lowest BCUT2D eigenvalue weighted by atomic mass is 10.1. The summed E-state index contributed by atoms with van der Waals surface area (Å²) < 4.78 is 10.9. The maximum absolute atomic E-state index is 5.48. The fourth-order valence-electron chi connectivity index (χ4n) is 3.54. The second-order valence-corrected chi connectivity index (χ2v) is 7.66. The topological polar surface area (TPSA) is 58.1 Å². The molecule has 0 atom stereocenters. The number of hydrogen-bond donors (Lipinski definition) is 2. The summed E-state index contributed by atoms with van der Waals surface area (Å²) in [6, 6.07) is 17.1. The van der Waals surface area contributed by atoms with E-state index in [-0.39, 0.29) is 24.0 Å². The van der Waals surface area contributed by atoms with Crippen LogP contribution in [0.1, 0.15) is 36.1 Å². The Morgan fingerprint density at radius 3 is 2.34 bits per heavy atom. The molecule has 2 aromatic rings. The molecule has 0 bridgehead atoms. The van der Waals surface area contributed by atoms with Gasteiger partial charge in [-0.05, 0) is 36.1 Å². The summed E-state index contributed by atoms with van der Waals surface area (Å²) in [4.78, 5) is 7.23. The van der Waals surface area contributed by atoms with Crippen molar-refractivity contribution in [1.29, 1.82) is 0 Å². The van der Waals surface area contributed by atoms with E-state index in [1.54, 1.807) is 0 Å². The maximum Gasteiger partial charge on any atom is 0.191 e. The zero-order chi connectivity index (χ0) is 21.7. The molecule has 1 fully saturated rings. The van der Waals surface area contributed by atoms with Gasteiger partial charge in [0.2, 0.25) is 0 Å². The number of nitrogens with zero attached hydrogens (tertiary/aromatic N) is 2. The van der Waals surface area contributed by atoms with Crippen LogP contribution in [0.2, 0.25) is 0 Å². The summed E-state index contributed by atoms with van der Waals surface area (Å²) in [5, 5.41) is 6.86. The zero-order valence-corrected chi connectivity index (χ0v) is 21.6. The number of halogens is 1. The second-order valence-electron chi connectivity index (χ2n) is 7.66. The fraction of sp³-hybridized carbons (Fsp3) is 0.480. The van der Waals surface area contributed by atoms with E-state index in [0.29, 0.717) is 13.2 Å². The molecule has 1 aliphatic heterocycles. The monoisotopic (exact) mass is 552 g/mol. The Kier molecular flexibility index (Phi) is 12.6. The molecule has 7 heteroatoms. The first-order valence-corrected chi connectivity index (χ1v) is 11.3. The van der Waals surface area contributed by atoms with Gasteiger partial charge in [0.05, 0.1) is 26.4 Å². The summed E-state index contributed by atoms with van der Waals surface area (Å²) in [6.07, 6.45) is 0. The van der Waals surface area contributed by atoms with Crippen LogP contribution in [0.3, 0.4) is 0 Å². The Balaban J connectivity index is 0.00000363. The van der Waals surface area contributed by atoms with Crippen molar-refractivity contribution in [3.8, 4) is 0 Å². The Hall–Kier alpha value is -1.68. The van der Waals surface area contributed by atoms with Gasteiger partial charge >= 0.3 is 0 Å². The lowest BCUT2D eigenvalue weighted by molar-refractivity contribution is 0.0341. The number of guanidine groups is 1. The first-order chi connectivity index (χ1) is 15.3. The van der Waals surface area contributed by atoms with Crippen molar-refractivity contribution in [3.05, 3.63) is 70.8 Å². The highest BCUT2D eigenvalue weighted by Gasteiger charge is 2.12. The van der Waals surface area contributed by atoms with Gasteiger partial charge in [0.15, 0.2) is 5.96 Å². The first kappa shape index (κ1) is 26.6. The van der Waals surface area contributed by atoms with Gasteiger partial charge in [-0.1, -0.05) is 48.5 Å². The Bertz CT molecular complexity index is 808. The third-order valence-corrected chi connectivity index (χ3v) is 5.32. The molecular weight excluding hydrogens is 515 g/mol. The third-order valence-electron chi connectivity index (χ3n) is 5.32. The summed E-state index contributed by atoms with van der Waals surface area (Å²) in [5.41, 5.74) is 5.04. The van der Waals surface area contributed by atoms with E-state index >= 15 is 0 Å². The molecule has 0 radical (unpaired) electrons. The molecule has 0 amide bonds. The number of benzene rings is 2. The van der Waals surface area contributed by atoms with Crippen LogP contribution in [-0.2, 0) is 35.7 Å². The molecule has 0 aromatic heterocycles. The van der Waals surface area contributed by atoms with E-state index in [4.69, 9.17) is 14.5 Å². The van der Waals surface area contributed by atoms with E-state index in [1.807, 2.05) is 6.92 Å². The molecule has 3 rings (SSSR count). The largest absolute Gasteiger partial charge is 0.379 e. The minimum Gasteiger partial charge on any atom is -0.379 e. The predicted molar refractivity (Wildman–Crippen MR) is 141 cm³/mol. The number of hydrogen-bond acceptors (Lipinski definition) is 4. The van der Waals surface area contributed by atoms with Crippen LogP contribution in [-0.4, -0.2) is 50.3 Å². The highest BCUT2D eigenvalue weighted by atomic mass is 127. The van der Waals surface area contributed by atoms with E-state index < -0.39 is 0 Å². The SMILES string of the molecule is CCNC(=NCc1ccc(COCC)cc1)NCc1ccccc1CN1CCOCC1.I. The number of ether oxygens (including phenoxy) is 2. The standard InChI is InChI=1S/C25H36N4O2.HI/c1-3-26-25(27-17-21-9-11-22(12-10-21)20-30-4-2)28-18-23-7-5-6-8-24(23)19-29-13-15-31-16-14-29;/h5-12H,3-4,13-20H2,1-2H3,(H2,26,27,28);1H. The summed E-state index contributed by atoms with van der Waals surface area (Å²) in [6.45, 7) is 12.3. The normalized spacial score (nSPS) is 14.6. The highest BCUT2D eigenvalue weighted by molar-refractivity contribution is 14.0. The van der Waals surface area contributed by atoms with Gasteiger partial charge in [-0.25, -0.2) is 4.99 Å². The molecule has 1 saturated heterocycles. The minimum absolute atomic E-state index is 0. The van der Waals surface area contributed by atoms with Crippen molar-refractivity contribution in [1.82, 2.24) is 15.5 Å². The van der Waals surface area contributed by atoms with Crippen molar-refractivity contribution < 1.29 is 9.47 Å². The van der Waals surface area contributed by atoms with Gasteiger partial charge in [-0.3, -0.25) is 4.90 Å². The first-order valence-electron chi connectivity index (χ1n) is 11.3. The van der Waals surface area contributed by atoms with Crippen molar-refractivity contribution in [2.75, 3.05) is 39.5 Å². The Labute approximate surface area is 209 Å². The van der Waals surface area contributed by atoms with Crippen LogP contribution in [0.5, 0.6) is 0 Å². The Morgan fingerprint density at radius 1 is 0.969 bits per heavy atom. The smallest absolute Gasteiger partial charge is 0.191 e. The van der Waals surface area contributed by atoms with E-state index in [1.165, 1.54) is 22.3 Å². The maximum atomic E-state index is 5.48. The molecule has 32 heavy (non-hydrogen) atoms. The van der Waals surface area contributed by atoms with Crippen molar-refractivity contribution in [2.45, 2.75) is 40.1 Å².